The summed E-state index contributed by atoms with van der Waals surface area (Å²) in [6.45, 7) is 1.84. The number of aromatic hydroxyl groups is 1. The number of hydrogen-bond donors (Lipinski definition) is 5. The number of carboxylic acids is 1. The Labute approximate surface area is 161 Å². The molecular weight excluding hydrogens is 372 g/mol. The second-order valence-corrected chi connectivity index (χ2v) is 7.15. The van der Waals surface area contributed by atoms with E-state index in [9.17, 15) is 19.8 Å². The molecule has 0 radical (unpaired) electrons. The van der Waals surface area contributed by atoms with E-state index in [4.69, 9.17) is 16.7 Å². The van der Waals surface area contributed by atoms with Gasteiger partial charge in [0.05, 0.1) is 22.4 Å². The smallest absolute Gasteiger partial charge is 0.335 e. The summed E-state index contributed by atoms with van der Waals surface area (Å²) in [5.41, 5.74) is 1.61. The molecule has 0 heterocycles. The van der Waals surface area contributed by atoms with Crippen LogP contribution in [-0.4, -0.2) is 39.2 Å². The van der Waals surface area contributed by atoms with E-state index < -0.39 is 17.1 Å². The fraction of sp³-hybridized carbons (Fsp3) is 0.263. The predicted molar refractivity (Wildman–Crippen MR) is 102 cm³/mol. The highest BCUT2D eigenvalue weighted by atomic mass is 35.5. The summed E-state index contributed by atoms with van der Waals surface area (Å²) < 4.78 is 0. The Morgan fingerprint density at radius 1 is 1.30 bits per heavy atom. The zero-order valence-corrected chi connectivity index (χ0v) is 15.4. The summed E-state index contributed by atoms with van der Waals surface area (Å²) in [5, 5.41) is 34.5. The van der Waals surface area contributed by atoms with Crippen LogP contribution in [0.1, 0.15) is 34.5 Å². The standard InChI is InChI=1S/C19H21ClN2O5/c1-19(20,9-12-3-2-4-14(7-12)18(26)27)22-10-17(25)13-5-6-16(24)15(8-13)21-11-23/h2-8,11,17,22,24-25H,9-10H2,1H3,(H,21,23)(H,26,27). The Morgan fingerprint density at radius 3 is 2.70 bits per heavy atom. The largest absolute Gasteiger partial charge is 0.506 e. The van der Waals surface area contributed by atoms with Crippen molar-refractivity contribution in [3.8, 4) is 5.75 Å². The van der Waals surface area contributed by atoms with Crippen molar-refractivity contribution in [2.45, 2.75) is 24.4 Å². The lowest BCUT2D eigenvalue weighted by atomic mass is 10.0. The van der Waals surface area contributed by atoms with Crippen molar-refractivity contribution in [3.05, 3.63) is 59.2 Å². The third-order valence-electron chi connectivity index (χ3n) is 3.99. The number of alkyl halides is 1. The molecule has 27 heavy (non-hydrogen) atoms. The van der Waals surface area contributed by atoms with Crippen LogP contribution < -0.4 is 10.6 Å². The molecule has 0 saturated carbocycles. The number of rotatable bonds is 9. The van der Waals surface area contributed by atoms with Gasteiger partial charge in [-0.1, -0.05) is 18.2 Å². The molecular formula is C19H21ClN2O5. The van der Waals surface area contributed by atoms with Gasteiger partial charge in [0.1, 0.15) is 5.75 Å². The maximum absolute atomic E-state index is 11.1. The SMILES string of the molecule is CC(Cl)(Cc1cccc(C(=O)O)c1)NCC(O)c1ccc(O)c(NC=O)c1. The van der Waals surface area contributed by atoms with Gasteiger partial charge in [-0.2, -0.15) is 0 Å². The van der Waals surface area contributed by atoms with Crippen molar-refractivity contribution in [1.29, 1.82) is 0 Å². The summed E-state index contributed by atoms with van der Waals surface area (Å²) in [6, 6.07) is 10.9. The number of benzene rings is 2. The zero-order chi connectivity index (χ0) is 20.0. The zero-order valence-electron chi connectivity index (χ0n) is 14.6. The van der Waals surface area contributed by atoms with E-state index in [0.29, 0.717) is 18.4 Å². The number of nitrogens with one attached hydrogen (secondary N) is 2. The van der Waals surface area contributed by atoms with E-state index in [1.807, 2.05) is 0 Å². The third kappa shape index (κ3) is 5.96. The van der Waals surface area contributed by atoms with Gasteiger partial charge in [0, 0.05) is 13.0 Å². The molecule has 0 aliphatic rings. The van der Waals surface area contributed by atoms with E-state index in [0.717, 1.165) is 5.56 Å². The van der Waals surface area contributed by atoms with E-state index in [2.05, 4.69) is 10.6 Å². The molecule has 144 valence electrons. The molecule has 0 aliphatic carbocycles. The van der Waals surface area contributed by atoms with Gasteiger partial charge in [-0.05, 0) is 42.3 Å². The molecule has 2 unspecified atom stereocenters. The molecule has 7 nitrogen and oxygen atoms in total. The van der Waals surface area contributed by atoms with E-state index in [1.165, 1.54) is 18.2 Å². The number of carboxylic acid groups (broad SMARTS) is 1. The number of hydrogen-bond acceptors (Lipinski definition) is 5. The minimum atomic E-state index is -1.01. The van der Waals surface area contributed by atoms with Crippen LogP contribution in [0, 0.1) is 0 Å². The Kier molecular flexibility index (Phi) is 6.79. The van der Waals surface area contributed by atoms with Crippen LogP contribution in [0.4, 0.5) is 5.69 Å². The molecule has 0 spiro atoms. The van der Waals surface area contributed by atoms with Crippen LogP contribution in [0.25, 0.3) is 0 Å². The average Bonchev–Trinajstić information content (AvgIpc) is 2.61. The van der Waals surface area contributed by atoms with Gasteiger partial charge in [-0.3, -0.25) is 10.1 Å². The molecule has 0 bridgehead atoms. The molecule has 2 aromatic carbocycles. The number of carbonyl (C=O) groups excluding carboxylic acids is 1. The van der Waals surface area contributed by atoms with Gasteiger partial charge < -0.3 is 20.6 Å². The fourth-order valence-corrected chi connectivity index (χ4v) is 2.86. The van der Waals surface area contributed by atoms with Crippen molar-refractivity contribution >= 4 is 29.7 Å². The first kappa shape index (κ1) is 20.7. The second-order valence-electron chi connectivity index (χ2n) is 6.32. The molecule has 2 atom stereocenters. The van der Waals surface area contributed by atoms with Crippen molar-refractivity contribution in [3.63, 3.8) is 0 Å². The lowest BCUT2D eigenvalue weighted by Gasteiger charge is -2.26. The van der Waals surface area contributed by atoms with E-state index in [-0.39, 0.29) is 23.5 Å². The van der Waals surface area contributed by atoms with Crippen LogP contribution in [0.3, 0.4) is 0 Å². The molecule has 0 fully saturated rings. The van der Waals surface area contributed by atoms with E-state index >= 15 is 0 Å². The monoisotopic (exact) mass is 392 g/mol. The minimum Gasteiger partial charge on any atom is -0.506 e. The van der Waals surface area contributed by atoms with Gasteiger partial charge in [-0.25, -0.2) is 4.79 Å². The first-order valence-corrected chi connectivity index (χ1v) is 8.57. The Bertz CT molecular complexity index is 825. The summed E-state index contributed by atoms with van der Waals surface area (Å²) in [5.74, 6) is -1.12. The highest BCUT2D eigenvalue weighted by Gasteiger charge is 2.23. The number of aliphatic hydroxyl groups is 1. The minimum absolute atomic E-state index is 0.105. The van der Waals surface area contributed by atoms with Gasteiger partial charge in [-0.15, -0.1) is 11.6 Å². The van der Waals surface area contributed by atoms with Crippen molar-refractivity contribution in [1.82, 2.24) is 5.32 Å². The van der Waals surface area contributed by atoms with Crippen molar-refractivity contribution in [2.75, 3.05) is 11.9 Å². The maximum atomic E-state index is 11.1. The first-order valence-electron chi connectivity index (χ1n) is 8.19. The molecule has 2 aromatic rings. The number of phenolic OH excluding ortho intramolecular Hbond substituents is 1. The lowest BCUT2D eigenvalue weighted by Crippen LogP contribution is -2.41. The van der Waals surface area contributed by atoms with Crippen molar-refractivity contribution in [2.24, 2.45) is 0 Å². The number of phenols is 1. The predicted octanol–water partition coefficient (Wildman–Crippen LogP) is 2.48. The van der Waals surface area contributed by atoms with Crippen LogP contribution in [0.2, 0.25) is 0 Å². The molecule has 1 amide bonds. The second kappa shape index (κ2) is 8.85. The van der Waals surface area contributed by atoms with Gasteiger partial charge >= 0.3 is 5.97 Å². The van der Waals surface area contributed by atoms with Crippen LogP contribution in [0.5, 0.6) is 5.75 Å². The number of aliphatic hydroxyl groups excluding tert-OH is 1. The Hall–Kier alpha value is -2.61. The molecule has 5 N–H and O–H groups in total. The fourth-order valence-electron chi connectivity index (χ4n) is 2.63. The quantitative estimate of drug-likeness (QED) is 0.193. The molecule has 8 heteroatoms. The van der Waals surface area contributed by atoms with Crippen molar-refractivity contribution < 1.29 is 24.9 Å². The average molecular weight is 393 g/mol. The number of aromatic carboxylic acids is 1. The molecule has 0 aromatic heterocycles. The van der Waals surface area contributed by atoms with Gasteiger partial charge in [0.2, 0.25) is 6.41 Å². The van der Waals surface area contributed by atoms with Crippen LogP contribution in [-0.2, 0) is 11.2 Å². The third-order valence-corrected chi connectivity index (χ3v) is 4.26. The lowest BCUT2D eigenvalue weighted by molar-refractivity contribution is -0.105. The van der Waals surface area contributed by atoms with Gasteiger partial charge in [0.25, 0.3) is 0 Å². The summed E-state index contributed by atoms with van der Waals surface area (Å²) >= 11 is 6.47. The molecule has 0 saturated heterocycles. The van der Waals surface area contributed by atoms with Crippen LogP contribution >= 0.6 is 11.6 Å². The summed E-state index contributed by atoms with van der Waals surface area (Å²) in [7, 11) is 0. The number of halogens is 1. The number of anilines is 1. The Balaban J connectivity index is 2.01. The summed E-state index contributed by atoms with van der Waals surface area (Å²) in [6.07, 6.45) is -0.151. The summed E-state index contributed by atoms with van der Waals surface area (Å²) in [4.78, 5) is 20.7. The normalized spacial score (nSPS) is 14.2. The maximum Gasteiger partial charge on any atom is 0.335 e. The molecule has 0 aliphatic heterocycles. The topological polar surface area (TPSA) is 119 Å². The van der Waals surface area contributed by atoms with E-state index in [1.54, 1.807) is 31.2 Å². The highest BCUT2D eigenvalue weighted by Crippen LogP contribution is 2.27. The highest BCUT2D eigenvalue weighted by molar-refractivity contribution is 6.23. The van der Waals surface area contributed by atoms with Crippen LogP contribution in [0.15, 0.2) is 42.5 Å². The number of amides is 1. The molecule has 2 rings (SSSR count). The Morgan fingerprint density at radius 2 is 2.04 bits per heavy atom. The first-order chi connectivity index (χ1) is 12.7. The number of carbonyl (C=O) groups is 2. The van der Waals surface area contributed by atoms with Gasteiger partial charge in [0.15, 0.2) is 0 Å².